The highest BCUT2D eigenvalue weighted by molar-refractivity contribution is 7.85. The van der Waals surface area contributed by atoms with Crippen LogP contribution in [-0.4, -0.2) is 0 Å². The molecule has 162 valence electrons. The number of hydrogen-bond acceptors (Lipinski definition) is 2. The van der Waals surface area contributed by atoms with Gasteiger partial charge in [-0.2, -0.15) is 0 Å². The van der Waals surface area contributed by atoms with Crippen molar-refractivity contribution in [2.45, 2.75) is 33.1 Å². The summed E-state index contributed by atoms with van der Waals surface area (Å²) in [5, 5.41) is 2.46. The first kappa shape index (κ1) is 22.1. The summed E-state index contributed by atoms with van der Waals surface area (Å²) in [6.45, 7) is 8.62. The van der Waals surface area contributed by atoms with Gasteiger partial charge in [-0.3, -0.25) is 0 Å². The van der Waals surface area contributed by atoms with E-state index in [-0.39, 0.29) is 5.41 Å². The number of rotatable bonds is 5. The predicted octanol–water partition coefficient (Wildman–Crippen LogP) is 6.72. The Morgan fingerprint density at radius 3 is 1.53 bits per heavy atom. The normalized spacial score (nSPS) is 13.4. The van der Waals surface area contributed by atoms with Crippen molar-refractivity contribution in [2.24, 2.45) is 0 Å². The topological polar surface area (TPSA) is 26.3 Å². The lowest BCUT2D eigenvalue weighted by Gasteiger charge is -2.21. The molecule has 0 aliphatic carbocycles. The molecule has 32 heavy (non-hydrogen) atoms. The van der Waals surface area contributed by atoms with Gasteiger partial charge in [0, 0.05) is 15.9 Å². The van der Waals surface area contributed by atoms with Crippen molar-refractivity contribution in [2.75, 3.05) is 0 Å². The zero-order valence-corrected chi connectivity index (χ0v) is 20.0. The molecule has 0 amide bonds. The summed E-state index contributed by atoms with van der Waals surface area (Å²) in [4.78, 5) is 0. The van der Waals surface area contributed by atoms with E-state index in [2.05, 4.69) is 32.9 Å². The Morgan fingerprint density at radius 2 is 1.03 bits per heavy atom. The highest BCUT2D eigenvalue weighted by Gasteiger charge is 2.29. The van der Waals surface area contributed by atoms with Crippen LogP contribution in [0.4, 0.5) is 0 Å². The highest BCUT2D eigenvalue weighted by atomic mass is 31.2. The standard InChI is InChI=1S/C29H29O2P/c1-22-10-18-27(19-11-22)32(30,26-8-6-5-7-9-26)28-20-16-25(17-21-28)31-24-14-12-23(13-15-24)29(2,3)4/h5-21H,1-4H3. The molecule has 0 spiro atoms. The maximum Gasteiger partial charge on any atom is 0.171 e. The van der Waals surface area contributed by atoms with Gasteiger partial charge in [0.1, 0.15) is 11.5 Å². The largest absolute Gasteiger partial charge is 0.457 e. The van der Waals surface area contributed by atoms with Gasteiger partial charge >= 0.3 is 0 Å². The molecule has 0 N–H and O–H groups in total. The Morgan fingerprint density at radius 1 is 0.594 bits per heavy atom. The average Bonchev–Trinajstić information content (AvgIpc) is 2.80. The maximum atomic E-state index is 14.5. The van der Waals surface area contributed by atoms with Crippen molar-refractivity contribution >= 4 is 23.1 Å². The Kier molecular flexibility index (Phi) is 6.09. The van der Waals surface area contributed by atoms with Crippen LogP contribution in [0.1, 0.15) is 31.9 Å². The molecule has 0 heterocycles. The lowest BCUT2D eigenvalue weighted by Crippen LogP contribution is -2.24. The molecule has 1 unspecified atom stereocenters. The van der Waals surface area contributed by atoms with Crippen LogP contribution in [0.5, 0.6) is 11.5 Å². The van der Waals surface area contributed by atoms with Crippen LogP contribution in [-0.2, 0) is 9.98 Å². The molecule has 4 rings (SSSR count). The maximum absolute atomic E-state index is 14.5. The molecule has 4 aromatic carbocycles. The van der Waals surface area contributed by atoms with Crippen LogP contribution in [0.15, 0.2) is 103 Å². The van der Waals surface area contributed by atoms with Gasteiger partial charge in [0.15, 0.2) is 7.14 Å². The summed E-state index contributed by atoms with van der Waals surface area (Å²) in [5.74, 6) is 1.51. The van der Waals surface area contributed by atoms with Crippen molar-refractivity contribution in [3.63, 3.8) is 0 Å². The molecular formula is C29H29O2P. The third-order valence-corrected chi connectivity index (χ3v) is 8.75. The summed E-state index contributed by atoms with van der Waals surface area (Å²) >= 11 is 0. The van der Waals surface area contributed by atoms with Crippen LogP contribution in [0.3, 0.4) is 0 Å². The number of hydrogen-bond donors (Lipinski definition) is 0. The molecule has 2 nitrogen and oxygen atoms in total. The fourth-order valence-electron chi connectivity index (χ4n) is 3.72. The Hall–Kier alpha value is -3.09. The Bertz CT molecular complexity index is 1220. The average molecular weight is 441 g/mol. The number of ether oxygens (including phenoxy) is 1. The lowest BCUT2D eigenvalue weighted by atomic mass is 9.87. The van der Waals surface area contributed by atoms with E-state index in [0.29, 0.717) is 0 Å². The highest BCUT2D eigenvalue weighted by Crippen LogP contribution is 2.42. The van der Waals surface area contributed by atoms with Gasteiger partial charge in [-0.05, 0) is 54.3 Å². The van der Waals surface area contributed by atoms with Gasteiger partial charge in [0.2, 0.25) is 0 Å². The zero-order valence-electron chi connectivity index (χ0n) is 19.1. The summed E-state index contributed by atoms with van der Waals surface area (Å²) < 4.78 is 20.5. The van der Waals surface area contributed by atoms with Gasteiger partial charge in [-0.1, -0.05) is 93.1 Å². The second-order valence-corrected chi connectivity index (χ2v) is 11.9. The van der Waals surface area contributed by atoms with E-state index in [1.165, 1.54) is 5.56 Å². The fourth-order valence-corrected chi connectivity index (χ4v) is 6.35. The first-order chi connectivity index (χ1) is 15.3. The monoisotopic (exact) mass is 440 g/mol. The van der Waals surface area contributed by atoms with E-state index in [0.717, 1.165) is 33.0 Å². The molecule has 0 aromatic heterocycles. The van der Waals surface area contributed by atoms with Crippen molar-refractivity contribution in [1.82, 2.24) is 0 Å². The number of aryl methyl sites for hydroxylation is 1. The third-order valence-electron chi connectivity index (χ3n) is 5.67. The second kappa shape index (κ2) is 8.81. The van der Waals surface area contributed by atoms with Gasteiger partial charge in [-0.15, -0.1) is 0 Å². The molecule has 0 saturated carbocycles. The van der Waals surface area contributed by atoms with E-state index in [1.54, 1.807) is 0 Å². The van der Waals surface area contributed by atoms with Gasteiger partial charge < -0.3 is 9.30 Å². The van der Waals surface area contributed by atoms with Crippen LogP contribution >= 0.6 is 7.14 Å². The molecule has 0 bridgehead atoms. The first-order valence-electron chi connectivity index (χ1n) is 10.9. The molecule has 0 aliphatic heterocycles. The quantitative estimate of drug-likeness (QED) is 0.322. The summed E-state index contributed by atoms with van der Waals surface area (Å²) in [6.07, 6.45) is 0. The first-order valence-corrected chi connectivity index (χ1v) is 12.6. The van der Waals surface area contributed by atoms with Crippen molar-refractivity contribution < 1.29 is 9.30 Å². The van der Waals surface area contributed by atoms with Gasteiger partial charge in [0.25, 0.3) is 0 Å². The van der Waals surface area contributed by atoms with Crippen LogP contribution < -0.4 is 20.7 Å². The summed E-state index contributed by atoms with van der Waals surface area (Å²) in [7, 11) is -2.98. The van der Waals surface area contributed by atoms with E-state index in [1.807, 2.05) is 97.9 Å². The Labute approximate surface area is 191 Å². The molecule has 0 fully saturated rings. The van der Waals surface area contributed by atoms with Crippen LogP contribution in [0.25, 0.3) is 0 Å². The van der Waals surface area contributed by atoms with Crippen molar-refractivity contribution in [3.05, 3.63) is 114 Å². The van der Waals surface area contributed by atoms with Crippen LogP contribution in [0.2, 0.25) is 0 Å². The van der Waals surface area contributed by atoms with Crippen LogP contribution in [0, 0.1) is 6.92 Å². The minimum Gasteiger partial charge on any atom is -0.457 e. The second-order valence-electron chi connectivity index (χ2n) is 9.15. The minimum atomic E-state index is -2.98. The predicted molar refractivity (Wildman–Crippen MR) is 136 cm³/mol. The molecular weight excluding hydrogens is 411 g/mol. The van der Waals surface area contributed by atoms with Crippen molar-refractivity contribution in [3.8, 4) is 11.5 Å². The molecule has 3 heteroatoms. The molecule has 0 radical (unpaired) electrons. The third kappa shape index (κ3) is 4.56. The zero-order chi connectivity index (χ0) is 22.8. The van der Waals surface area contributed by atoms with E-state index < -0.39 is 7.14 Å². The summed E-state index contributed by atoms with van der Waals surface area (Å²) in [6, 6.07) is 33.5. The van der Waals surface area contributed by atoms with E-state index in [9.17, 15) is 4.57 Å². The SMILES string of the molecule is Cc1ccc(P(=O)(c2ccccc2)c2ccc(Oc3ccc(C(C)(C)C)cc3)cc2)cc1. The molecule has 0 aliphatic rings. The van der Waals surface area contributed by atoms with Gasteiger partial charge in [-0.25, -0.2) is 0 Å². The molecule has 0 saturated heterocycles. The smallest absolute Gasteiger partial charge is 0.171 e. The Balaban J connectivity index is 1.66. The molecule has 1 atom stereocenters. The van der Waals surface area contributed by atoms with Gasteiger partial charge in [0.05, 0.1) is 0 Å². The number of benzene rings is 4. The molecule has 4 aromatic rings. The minimum absolute atomic E-state index is 0.106. The fraction of sp³-hybridized carbons (Fsp3) is 0.172. The van der Waals surface area contributed by atoms with E-state index >= 15 is 0 Å². The van der Waals surface area contributed by atoms with E-state index in [4.69, 9.17) is 4.74 Å². The van der Waals surface area contributed by atoms with Crippen molar-refractivity contribution in [1.29, 1.82) is 0 Å². The lowest BCUT2D eigenvalue weighted by molar-refractivity contribution is 0.481. The summed E-state index contributed by atoms with van der Waals surface area (Å²) in [5.41, 5.74) is 2.52.